The molecular formula is C20H19NO4. The topological polar surface area (TPSA) is 65.0 Å². The fourth-order valence-corrected chi connectivity index (χ4v) is 2.98. The number of rotatable bonds is 3. The van der Waals surface area contributed by atoms with Crippen LogP contribution in [0, 0.1) is 5.92 Å². The minimum atomic E-state index is -0.498. The monoisotopic (exact) mass is 337 g/mol. The molecule has 128 valence electrons. The molecule has 0 N–H and O–H groups in total. The molecule has 3 rings (SSSR count). The van der Waals surface area contributed by atoms with Crippen LogP contribution in [-0.2, 0) is 14.9 Å². The Morgan fingerprint density at radius 2 is 1.84 bits per heavy atom. The second kappa shape index (κ2) is 6.51. The molecule has 0 spiro atoms. The number of hydrogen-bond donors (Lipinski definition) is 0. The Morgan fingerprint density at radius 3 is 2.48 bits per heavy atom. The first-order valence-corrected chi connectivity index (χ1v) is 7.97. The quantitative estimate of drug-likeness (QED) is 0.633. The molecule has 0 bridgehead atoms. The Kier molecular flexibility index (Phi) is 4.40. The van der Waals surface area contributed by atoms with Gasteiger partial charge in [0.25, 0.3) is 0 Å². The van der Waals surface area contributed by atoms with Crippen molar-refractivity contribution in [2.24, 2.45) is 10.9 Å². The highest BCUT2D eigenvalue weighted by Crippen LogP contribution is 2.42. The molecule has 1 unspecified atom stereocenters. The summed E-state index contributed by atoms with van der Waals surface area (Å²) in [5.74, 6) is 0.150. The van der Waals surface area contributed by atoms with Crippen LogP contribution in [0.5, 0.6) is 5.75 Å². The van der Waals surface area contributed by atoms with Gasteiger partial charge in [0.05, 0.1) is 18.4 Å². The number of esters is 1. The smallest absolute Gasteiger partial charge is 0.337 e. The number of hydrogen-bond acceptors (Lipinski definition) is 5. The van der Waals surface area contributed by atoms with Gasteiger partial charge in [0.15, 0.2) is 0 Å². The maximum absolute atomic E-state index is 11.7. The highest BCUT2D eigenvalue weighted by atomic mass is 16.5. The Labute approximate surface area is 146 Å². The summed E-state index contributed by atoms with van der Waals surface area (Å²) in [5.41, 5.74) is 1.59. The highest BCUT2D eigenvalue weighted by Gasteiger charge is 2.42. The molecule has 1 aliphatic heterocycles. The van der Waals surface area contributed by atoms with Gasteiger partial charge in [-0.15, -0.1) is 0 Å². The Hall–Kier alpha value is -2.95. The minimum Gasteiger partial charge on any atom is -0.465 e. The number of carbonyl (C=O) groups excluding carboxylic acids is 2. The molecule has 5 heteroatoms. The molecule has 1 atom stereocenters. The van der Waals surface area contributed by atoms with Gasteiger partial charge in [0, 0.05) is 11.0 Å². The predicted molar refractivity (Wildman–Crippen MR) is 94.5 cm³/mol. The summed E-state index contributed by atoms with van der Waals surface area (Å²) >= 11 is 0. The van der Waals surface area contributed by atoms with Crippen molar-refractivity contribution in [3.63, 3.8) is 0 Å². The zero-order valence-electron chi connectivity index (χ0n) is 14.4. The van der Waals surface area contributed by atoms with E-state index in [0.717, 1.165) is 11.8 Å². The first kappa shape index (κ1) is 16.9. The van der Waals surface area contributed by atoms with Crippen molar-refractivity contribution >= 4 is 23.8 Å². The number of aldehydes is 1. The van der Waals surface area contributed by atoms with E-state index < -0.39 is 17.3 Å². The van der Waals surface area contributed by atoms with Crippen molar-refractivity contribution in [3.8, 4) is 5.75 Å². The third-order valence-electron chi connectivity index (χ3n) is 4.50. The lowest BCUT2D eigenvalue weighted by Crippen LogP contribution is -2.42. The van der Waals surface area contributed by atoms with E-state index in [-0.39, 0.29) is 0 Å². The van der Waals surface area contributed by atoms with E-state index in [1.807, 2.05) is 38.1 Å². The Bertz CT molecular complexity index is 837. The third kappa shape index (κ3) is 3.05. The zero-order valence-corrected chi connectivity index (χ0v) is 14.4. The second-order valence-corrected chi connectivity index (χ2v) is 6.42. The van der Waals surface area contributed by atoms with Crippen molar-refractivity contribution in [1.29, 1.82) is 0 Å². The standard InChI is InChI=1S/C20H19NO4/c1-20(2)15-6-4-5-7-17(15)25-18(16(20)12-22)21-14-10-8-13(9-11-14)19(23)24-3/h4-12,16H,1-3H3. The summed E-state index contributed by atoms with van der Waals surface area (Å²) < 4.78 is 10.6. The van der Waals surface area contributed by atoms with Crippen molar-refractivity contribution < 1.29 is 19.1 Å². The molecule has 0 amide bonds. The number of fused-ring (bicyclic) bond motifs is 1. The molecule has 0 saturated heterocycles. The molecule has 2 aromatic carbocycles. The molecule has 1 heterocycles. The molecule has 2 aromatic rings. The van der Waals surface area contributed by atoms with Gasteiger partial charge < -0.3 is 14.3 Å². The van der Waals surface area contributed by atoms with Crippen molar-refractivity contribution in [2.75, 3.05) is 7.11 Å². The van der Waals surface area contributed by atoms with Gasteiger partial charge in [0.1, 0.15) is 18.0 Å². The van der Waals surface area contributed by atoms with Gasteiger partial charge in [-0.25, -0.2) is 9.79 Å². The van der Waals surface area contributed by atoms with Crippen LogP contribution in [0.4, 0.5) is 5.69 Å². The van der Waals surface area contributed by atoms with Gasteiger partial charge in [-0.2, -0.15) is 0 Å². The fraction of sp³-hybridized carbons (Fsp3) is 0.250. The summed E-state index contributed by atoms with van der Waals surface area (Å²) in [5, 5.41) is 0. The summed E-state index contributed by atoms with van der Waals surface area (Å²) in [6, 6.07) is 14.3. The number of ether oxygens (including phenoxy) is 2. The van der Waals surface area contributed by atoms with Crippen LogP contribution in [0.3, 0.4) is 0 Å². The van der Waals surface area contributed by atoms with Crippen LogP contribution in [-0.4, -0.2) is 25.3 Å². The van der Waals surface area contributed by atoms with Crippen LogP contribution >= 0.6 is 0 Å². The molecule has 0 aromatic heterocycles. The van der Waals surface area contributed by atoms with Crippen LogP contribution in [0.25, 0.3) is 0 Å². The molecular weight excluding hydrogens is 318 g/mol. The third-order valence-corrected chi connectivity index (χ3v) is 4.50. The molecule has 0 saturated carbocycles. The Morgan fingerprint density at radius 1 is 1.16 bits per heavy atom. The lowest BCUT2D eigenvalue weighted by molar-refractivity contribution is -0.111. The largest absolute Gasteiger partial charge is 0.465 e. The van der Waals surface area contributed by atoms with E-state index in [1.54, 1.807) is 24.3 Å². The van der Waals surface area contributed by atoms with Crippen LogP contribution in [0.2, 0.25) is 0 Å². The van der Waals surface area contributed by atoms with Gasteiger partial charge in [0.2, 0.25) is 5.90 Å². The second-order valence-electron chi connectivity index (χ2n) is 6.42. The fourth-order valence-electron chi connectivity index (χ4n) is 2.98. The summed E-state index contributed by atoms with van der Waals surface area (Å²) in [6.45, 7) is 4.01. The molecule has 25 heavy (non-hydrogen) atoms. The first-order chi connectivity index (χ1) is 12.0. The van der Waals surface area contributed by atoms with Crippen molar-refractivity contribution in [2.45, 2.75) is 19.3 Å². The van der Waals surface area contributed by atoms with E-state index in [0.29, 0.717) is 22.9 Å². The van der Waals surface area contributed by atoms with Crippen LogP contribution in [0.15, 0.2) is 53.5 Å². The lowest BCUT2D eigenvalue weighted by atomic mass is 9.72. The number of aliphatic imine (C=N–C) groups is 1. The van der Waals surface area contributed by atoms with E-state index in [2.05, 4.69) is 9.73 Å². The normalized spacial score (nSPS) is 19.6. The van der Waals surface area contributed by atoms with Crippen molar-refractivity contribution in [1.82, 2.24) is 0 Å². The van der Waals surface area contributed by atoms with Gasteiger partial charge >= 0.3 is 5.97 Å². The molecule has 0 fully saturated rings. The SMILES string of the molecule is COC(=O)c1ccc(N=C2Oc3ccccc3C(C)(C)C2C=O)cc1. The number of para-hydroxylation sites is 1. The predicted octanol–water partition coefficient (Wildman–Crippen LogP) is 3.69. The summed E-state index contributed by atoms with van der Waals surface area (Å²) in [6.07, 6.45) is 0.873. The van der Waals surface area contributed by atoms with Gasteiger partial charge in [-0.1, -0.05) is 32.0 Å². The molecule has 0 radical (unpaired) electrons. The van der Waals surface area contributed by atoms with E-state index in [1.165, 1.54) is 7.11 Å². The summed E-state index contributed by atoms with van der Waals surface area (Å²) in [7, 11) is 1.33. The average Bonchev–Trinajstić information content (AvgIpc) is 2.61. The minimum absolute atomic E-state index is 0.351. The number of benzene rings is 2. The van der Waals surface area contributed by atoms with E-state index in [4.69, 9.17) is 4.74 Å². The molecule has 0 aliphatic carbocycles. The Balaban J connectivity index is 2.00. The van der Waals surface area contributed by atoms with Gasteiger partial charge in [-0.05, 0) is 30.3 Å². The van der Waals surface area contributed by atoms with E-state index in [9.17, 15) is 9.59 Å². The highest BCUT2D eigenvalue weighted by molar-refractivity contribution is 5.98. The van der Waals surface area contributed by atoms with Crippen LogP contribution < -0.4 is 4.74 Å². The number of methoxy groups -OCH3 is 1. The maximum atomic E-state index is 11.7. The lowest BCUT2D eigenvalue weighted by Gasteiger charge is -2.37. The first-order valence-electron chi connectivity index (χ1n) is 7.97. The van der Waals surface area contributed by atoms with Crippen molar-refractivity contribution in [3.05, 3.63) is 59.7 Å². The number of nitrogens with zero attached hydrogens (tertiary/aromatic N) is 1. The zero-order chi connectivity index (χ0) is 18.0. The molecule has 1 aliphatic rings. The van der Waals surface area contributed by atoms with Gasteiger partial charge in [-0.3, -0.25) is 0 Å². The van der Waals surface area contributed by atoms with E-state index >= 15 is 0 Å². The molecule has 5 nitrogen and oxygen atoms in total. The maximum Gasteiger partial charge on any atom is 0.337 e. The van der Waals surface area contributed by atoms with Crippen LogP contribution in [0.1, 0.15) is 29.8 Å². The average molecular weight is 337 g/mol. The number of carbonyl (C=O) groups is 2. The summed E-state index contributed by atoms with van der Waals surface area (Å²) in [4.78, 5) is 27.8.